The number of ether oxygens (including phenoxy) is 15. The molecule has 0 aromatic rings. The van der Waals surface area contributed by atoms with E-state index in [9.17, 15) is 89.1 Å². The van der Waals surface area contributed by atoms with Crippen molar-refractivity contribution >= 4 is 53.2 Å². The van der Waals surface area contributed by atoms with Crippen molar-refractivity contribution < 1.29 is 160 Å². The van der Waals surface area contributed by atoms with Crippen LogP contribution >= 0.6 is 0 Å². The van der Waals surface area contributed by atoms with Crippen LogP contribution in [0.25, 0.3) is 0 Å². The zero-order chi connectivity index (χ0) is 83.0. The molecule has 5 fully saturated rings. The zero-order valence-electron chi connectivity index (χ0n) is 65.7. The molecule has 18 atom stereocenters. The second-order valence-electron chi connectivity index (χ2n) is 28.1. The van der Waals surface area contributed by atoms with Crippen LogP contribution < -0.4 is 47.9 Å². The summed E-state index contributed by atoms with van der Waals surface area (Å²) in [6.07, 6.45) is -7.54. The van der Waals surface area contributed by atoms with Crippen molar-refractivity contribution in [1.82, 2.24) is 47.9 Å². The minimum atomic E-state index is -1.48. The summed E-state index contributed by atoms with van der Waals surface area (Å²) in [6, 6.07) is -6.64. The average molecular weight is 1650 g/mol. The van der Waals surface area contributed by atoms with E-state index in [1.807, 2.05) is 0 Å². The molecule has 9 amide bonds. The van der Waals surface area contributed by atoms with Gasteiger partial charge in [-0.2, -0.15) is 0 Å². The molecular formula is C72H127N9O33. The quantitative estimate of drug-likeness (QED) is 0.0252. The van der Waals surface area contributed by atoms with Crippen molar-refractivity contribution in [3.8, 4) is 0 Å². The third-order valence-corrected chi connectivity index (χ3v) is 19.1. The predicted molar refractivity (Wildman–Crippen MR) is 393 cm³/mol. The lowest BCUT2D eigenvalue weighted by Gasteiger charge is -2.42. The van der Waals surface area contributed by atoms with Gasteiger partial charge in [-0.3, -0.25) is 43.2 Å². The maximum Gasteiger partial charge on any atom is 0.246 e. The van der Waals surface area contributed by atoms with E-state index in [1.165, 1.54) is 20.8 Å². The molecule has 42 nitrogen and oxygen atoms in total. The highest BCUT2D eigenvalue weighted by Gasteiger charge is 2.48. The van der Waals surface area contributed by atoms with E-state index in [1.54, 1.807) is 0 Å². The lowest BCUT2D eigenvalue weighted by molar-refractivity contribution is -0.272. The van der Waals surface area contributed by atoms with Crippen molar-refractivity contribution in [2.75, 3.05) is 172 Å². The van der Waals surface area contributed by atoms with Crippen LogP contribution in [0.15, 0.2) is 0 Å². The highest BCUT2D eigenvalue weighted by Crippen LogP contribution is 2.30. The number of aliphatic hydroxyl groups excluding tert-OH is 9. The van der Waals surface area contributed by atoms with E-state index < -0.39 is 184 Å². The molecule has 0 bridgehead atoms. The van der Waals surface area contributed by atoms with E-state index in [0.29, 0.717) is 38.5 Å². The number of aliphatic hydroxyl groups is 9. The topological polar surface area (TPSA) is 582 Å². The van der Waals surface area contributed by atoms with Crippen molar-refractivity contribution in [3.05, 3.63) is 0 Å². The molecule has 0 radical (unpaired) electrons. The summed E-state index contributed by atoms with van der Waals surface area (Å²) >= 11 is 0. The van der Waals surface area contributed by atoms with Crippen LogP contribution in [-0.4, -0.2) is 387 Å². The van der Waals surface area contributed by atoms with Gasteiger partial charge in [-0.1, -0.05) is 25.7 Å². The monoisotopic (exact) mass is 1650 g/mol. The fourth-order valence-electron chi connectivity index (χ4n) is 13.2. The van der Waals surface area contributed by atoms with Crippen LogP contribution in [0.3, 0.4) is 0 Å². The van der Waals surface area contributed by atoms with Crippen molar-refractivity contribution in [2.45, 2.75) is 227 Å². The van der Waals surface area contributed by atoms with Crippen LogP contribution in [0.4, 0.5) is 0 Å². The smallest absolute Gasteiger partial charge is 0.246 e. The van der Waals surface area contributed by atoms with E-state index in [-0.39, 0.29) is 176 Å². The van der Waals surface area contributed by atoms with E-state index >= 15 is 0 Å². The standard InChI is InChI=1S/C72H127N9O33/c1-44(85)75-58-64(94)61(91)51(38-82)112-70(58)109-35-32-103-23-20-100-26-29-106-41-54(88)73-18-10-8-16-49(79-56(90)43-108-31-28-102-22-25-105-34-37-111-72-60(77-46(3)87)66(96)63(93)53(40-84)114-72)67(97)80-50(68(98)81-57(47-12-4-5-13-47)69(99)78-48-14-6-7-15-48)17-9-11-19-74-55(89)42-107-30-27-101-21-24-104-33-36-110-71-59(76-45(2)86)65(95)62(92)52(39-83)113-71/h47-53,57-66,70-72,82-84,91-96H,4-43H2,1-3H3,(H,73,88)(H,74,89)(H,75,85)(H,76,86)(H,77,87)(H,78,99)(H,79,90)(H,80,97)(H,81,98)/t49?,50?,51-,52-,53-,57?,58-,59-,60-,61+,62+,63+,64-,65-,66-,70-,71-,72-/m1/s1. The maximum absolute atomic E-state index is 14.6. The van der Waals surface area contributed by atoms with E-state index in [4.69, 9.17) is 71.1 Å². The van der Waals surface area contributed by atoms with Crippen LogP contribution in [-0.2, 0) is 114 Å². The van der Waals surface area contributed by atoms with Crippen LogP contribution in [0, 0.1) is 5.92 Å². The molecule has 42 heteroatoms. The molecule has 3 aliphatic heterocycles. The van der Waals surface area contributed by atoms with Gasteiger partial charge in [0.1, 0.15) is 111 Å². The van der Waals surface area contributed by atoms with Gasteiger partial charge in [0, 0.05) is 39.9 Å². The van der Waals surface area contributed by atoms with Gasteiger partial charge in [0.25, 0.3) is 0 Å². The van der Waals surface area contributed by atoms with Crippen LogP contribution in [0.1, 0.15) is 111 Å². The van der Waals surface area contributed by atoms with E-state index in [0.717, 1.165) is 38.5 Å². The Morgan fingerprint density at radius 3 is 1.00 bits per heavy atom. The van der Waals surface area contributed by atoms with Gasteiger partial charge in [0.15, 0.2) is 18.9 Å². The number of hydrogen-bond donors (Lipinski definition) is 18. The van der Waals surface area contributed by atoms with Crippen LogP contribution in [0.2, 0.25) is 0 Å². The Kier molecular flexibility index (Phi) is 49.8. The Balaban J connectivity index is 1.08. The van der Waals surface area contributed by atoms with Gasteiger partial charge in [0.05, 0.1) is 139 Å². The van der Waals surface area contributed by atoms with Gasteiger partial charge in [-0.25, -0.2) is 0 Å². The second-order valence-corrected chi connectivity index (χ2v) is 28.1. The summed E-state index contributed by atoms with van der Waals surface area (Å²) in [5, 5.41) is 115. The largest absolute Gasteiger partial charge is 0.394 e. The number of amides is 9. The Bertz CT molecular complexity index is 2750. The molecule has 2 aliphatic carbocycles. The van der Waals surface area contributed by atoms with E-state index in [2.05, 4.69) is 47.9 Å². The Morgan fingerprint density at radius 2 is 0.658 bits per heavy atom. The summed E-state index contributed by atoms with van der Waals surface area (Å²) in [5.41, 5.74) is 0. The Hall–Kier alpha value is -5.73. The number of hydrogen-bond acceptors (Lipinski definition) is 33. The van der Waals surface area contributed by atoms with Gasteiger partial charge >= 0.3 is 0 Å². The third-order valence-electron chi connectivity index (χ3n) is 19.1. The summed E-state index contributed by atoms with van der Waals surface area (Å²) in [7, 11) is 0. The molecule has 5 rings (SSSR count). The second kappa shape index (κ2) is 57.4. The maximum atomic E-state index is 14.6. The Morgan fingerprint density at radius 1 is 0.351 bits per heavy atom. The number of rotatable bonds is 60. The highest BCUT2D eigenvalue weighted by molar-refractivity contribution is 5.94. The lowest BCUT2D eigenvalue weighted by Crippen LogP contribution is -2.64. The summed E-state index contributed by atoms with van der Waals surface area (Å²) < 4.78 is 83.3. The molecule has 0 aromatic carbocycles. The van der Waals surface area contributed by atoms with Gasteiger partial charge in [-0.05, 0) is 70.1 Å². The summed E-state index contributed by atoms with van der Waals surface area (Å²) in [5.74, 6) is -4.77. The first-order chi connectivity index (χ1) is 55.0. The molecule has 3 heterocycles. The first kappa shape index (κ1) is 98.8. The molecular weight excluding hydrogens is 1520 g/mol. The van der Waals surface area contributed by atoms with Gasteiger partial charge in [-0.15, -0.1) is 0 Å². The molecule has 5 aliphatic rings. The molecule has 0 spiro atoms. The first-order valence-corrected chi connectivity index (χ1v) is 39.4. The van der Waals surface area contributed by atoms with Crippen LogP contribution in [0.5, 0.6) is 0 Å². The molecule has 3 unspecified atom stereocenters. The van der Waals surface area contributed by atoms with Gasteiger partial charge < -0.3 is 165 Å². The normalized spacial score (nSPS) is 26.1. The predicted octanol–water partition coefficient (Wildman–Crippen LogP) is -7.71. The molecule has 114 heavy (non-hydrogen) atoms. The third kappa shape index (κ3) is 37.9. The Labute approximate surface area is 663 Å². The van der Waals surface area contributed by atoms with Crippen molar-refractivity contribution in [1.29, 1.82) is 0 Å². The number of carbonyl (C=O) groups is 9. The van der Waals surface area contributed by atoms with Crippen molar-refractivity contribution in [3.63, 3.8) is 0 Å². The average Bonchev–Trinajstić information content (AvgIpc) is 0.897. The molecule has 2 saturated carbocycles. The molecule has 18 N–H and O–H groups in total. The SMILES string of the molecule is CC(=O)N[C@H]1[C@H](OCCOCCOCCOCC(=O)NCCCCC(NC(=O)COCCOCCOCCO[C@@H]2O[C@H](CO)[C@H](O)[C@H](O)[C@H]2NC(C)=O)C(=O)NC(CCCCNC(=O)COCCOCCOCCO[C@@H]2O[C@H](CO)[C@H](O)[C@H](O)[C@H]2NC(C)=O)C(=O)NC(C(=O)NC2CCCC2)C2CCCC2)O[C@H](CO)[C@H](O)[C@@H]1O. The van der Waals surface area contributed by atoms with Gasteiger partial charge in [0.2, 0.25) is 53.2 Å². The lowest BCUT2D eigenvalue weighted by atomic mass is 9.96. The van der Waals surface area contributed by atoms with Crippen molar-refractivity contribution in [2.24, 2.45) is 5.92 Å². The number of unbranched alkanes of at least 4 members (excludes halogenated alkanes) is 2. The zero-order valence-corrected chi connectivity index (χ0v) is 65.7. The summed E-state index contributed by atoms with van der Waals surface area (Å²) in [4.78, 5) is 117. The minimum absolute atomic E-state index is 0.0191. The minimum Gasteiger partial charge on any atom is -0.394 e. The summed E-state index contributed by atoms with van der Waals surface area (Å²) in [6.45, 7) is 2.51. The number of nitrogens with one attached hydrogen (secondary N) is 9. The fraction of sp³-hybridized carbons (Fsp3) is 0.875. The molecule has 3 saturated heterocycles. The molecule has 0 aromatic heterocycles. The molecule has 658 valence electrons. The fourth-order valence-corrected chi connectivity index (χ4v) is 13.2. The first-order valence-electron chi connectivity index (χ1n) is 39.4. The number of carbonyl (C=O) groups excluding carboxylic acids is 9. The highest BCUT2D eigenvalue weighted by atomic mass is 16.7.